The summed E-state index contributed by atoms with van der Waals surface area (Å²) in [7, 11) is 0. The molecule has 2 atom stereocenters. The summed E-state index contributed by atoms with van der Waals surface area (Å²) in [6.45, 7) is 4.92. The fourth-order valence-corrected chi connectivity index (χ4v) is 3.29. The molecule has 24 heavy (non-hydrogen) atoms. The molecule has 3 nitrogen and oxygen atoms in total. The topological polar surface area (TPSA) is 60.7 Å². The van der Waals surface area contributed by atoms with Crippen LogP contribution in [0.1, 0.15) is 68.4 Å². The molecule has 0 aliphatic heterocycles. The van der Waals surface area contributed by atoms with Gasteiger partial charge in [-0.25, -0.2) is 0 Å². The molecular weight excluding hydrogens is 300 g/mol. The van der Waals surface area contributed by atoms with Gasteiger partial charge in [0.15, 0.2) is 0 Å². The van der Waals surface area contributed by atoms with Gasteiger partial charge in [0.05, 0.1) is 9.30 Å². The average Bonchev–Trinajstić information content (AvgIpc) is 2.53. The average molecular weight is 334 g/mol. The Morgan fingerprint density at radius 1 is 1.33 bits per heavy atom. The summed E-state index contributed by atoms with van der Waals surface area (Å²) in [6.07, 6.45) is 2.93. The number of allylic oxidation sites excluding steroid dienone is 2. The second kappa shape index (κ2) is 8.39. The molecule has 2 rings (SSSR count). The molecular formula is C21H30O3. The Labute approximate surface area is 151 Å². The molecule has 1 aliphatic rings. The first-order valence-corrected chi connectivity index (χ1v) is 8.53. The lowest BCUT2D eigenvalue weighted by Crippen LogP contribution is -2.18. The molecule has 0 radical (unpaired) electrons. The Balaban J connectivity index is 2.54. The third-order valence-corrected chi connectivity index (χ3v) is 4.64. The van der Waals surface area contributed by atoms with Crippen LogP contribution >= 0.6 is 0 Å². The Bertz CT molecular complexity index is 742. The standard InChI is InChI=1S/C21H30O3/c1-4-5-6-7-15-11-19(23)21(20(24)12-15)18-10-16(13-22)8-9-17(18)14(2)3/h10-12,17-18,22-24H,2,4-9,13H2,1,3H3/t17-,18+/m0/s1/i8D2,13D2. The Morgan fingerprint density at radius 2 is 2.00 bits per heavy atom. The predicted molar refractivity (Wildman–Crippen MR) is 98.4 cm³/mol. The lowest BCUT2D eigenvalue weighted by atomic mass is 9.73. The molecule has 132 valence electrons. The van der Waals surface area contributed by atoms with Crippen LogP contribution in [0.2, 0.25) is 0 Å². The highest BCUT2D eigenvalue weighted by Crippen LogP contribution is 2.46. The van der Waals surface area contributed by atoms with Gasteiger partial charge in [-0.2, -0.15) is 0 Å². The molecule has 0 amide bonds. The van der Waals surface area contributed by atoms with Crippen LogP contribution in [0, 0.1) is 5.92 Å². The van der Waals surface area contributed by atoms with Gasteiger partial charge in [-0.1, -0.05) is 38.0 Å². The zero-order valence-corrected chi connectivity index (χ0v) is 14.5. The van der Waals surface area contributed by atoms with Crippen LogP contribution in [0.15, 0.2) is 35.9 Å². The maximum absolute atomic E-state index is 10.6. The molecule has 0 aromatic heterocycles. The molecule has 0 spiro atoms. The number of hydrogen-bond donors (Lipinski definition) is 3. The van der Waals surface area contributed by atoms with E-state index < -0.39 is 30.3 Å². The van der Waals surface area contributed by atoms with Crippen LogP contribution in [-0.4, -0.2) is 21.9 Å². The van der Waals surface area contributed by atoms with E-state index in [0.717, 1.165) is 31.2 Å². The van der Waals surface area contributed by atoms with Gasteiger partial charge in [-0.3, -0.25) is 0 Å². The van der Waals surface area contributed by atoms with Crippen LogP contribution < -0.4 is 0 Å². The number of rotatable bonds is 7. The first-order valence-electron chi connectivity index (χ1n) is 10.5. The van der Waals surface area contributed by atoms with Crippen LogP contribution in [-0.2, 0) is 6.42 Å². The maximum atomic E-state index is 10.6. The molecule has 0 unspecified atom stereocenters. The van der Waals surface area contributed by atoms with Crippen molar-refractivity contribution in [1.82, 2.24) is 0 Å². The van der Waals surface area contributed by atoms with E-state index in [4.69, 9.17) is 5.48 Å². The van der Waals surface area contributed by atoms with E-state index in [2.05, 4.69) is 13.5 Å². The quantitative estimate of drug-likeness (QED) is 0.495. The number of benzene rings is 1. The highest BCUT2D eigenvalue weighted by atomic mass is 16.3. The minimum Gasteiger partial charge on any atom is -0.507 e. The third kappa shape index (κ3) is 4.21. The minimum atomic E-state index is -2.84. The molecule has 0 saturated carbocycles. The molecule has 3 N–H and O–H groups in total. The largest absolute Gasteiger partial charge is 0.507 e. The first kappa shape index (κ1) is 13.5. The summed E-state index contributed by atoms with van der Waals surface area (Å²) < 4.78 is 31.6. The predicted octanol–water partition coefficient (Wildman–Crippen LogP) is 4.82. The summed E-state index contributed by atoms with van der Waals surface area (Å²) in [5.41, 5.74) is 1.29. The van der Waals surface area contributed by atoms with Gasteiger partial charge in [0.1, 0.15) is 11.5 Å². The summed E-state index contributed by atoms with van der Waals surface area (Å²) in [5.74, 6) is -1.37. The first-order chi connectivity index (χ1) is 12.9. The number of unbranched alkanes of at least 4 members (excludes halogenated alkanes) is 2. The zero-order valence-electron chi connectivity index (χ0n) is 18.5. The molecule has 3 heteroatoms. The fourth-order valence-electron chi connectivity index (χ4n) is 3.29. The van der Waals surface area contributed by atoms with Gasteiger partial charge in [-0.05, 0) is 61.7 Å². The monoisotopic (exact) mass is 334 g/mol. The van der Waals surface area contributed by atoms with Crippen LogP contribution in [0.5, 0.6) is 11.5 Å². The second-order valence-corrected chi connectivity index (χ2v) is 6.56. The number of phenols is 2. The fraction of sp³-hybridized carbons (Fsp3) is 0.524. The second-order valence-electron chi connectivity index (χ2n) is 6.56. The number of hydrogen-bond acceptors (Lipinski definition) is 3. The van der Waals surface area contributed by atoms with Gasteiger partial charge in [0.25, 0.3) is 0 Å². The van der Waals surface area contributed by atoms with Crippen molar-refractivity contribution in [3.63, 3.8) is 0 Å². The van der Waals surface area contributed by atoms with E-state index in [-0.39, 0.29) is 23.5 Å². The van der Waals surface area contributed by atoms with Crippen LogP contribution in [0.3, 0.4) is 0 Å². The van der Waals surface area contributed by atoms with Gasteiger partial charge in [-0.15, -0.1) is 0 Å². The van der Waals surface area contributed by atoms with Crippen LogP contribution in [0.4, 0.5) is 0 Å². The third-order valence-electron chi connectivity index (χ3n) is 4.64. The van der Waals surface area contributed by atoms with Gasteiger partial charge < -0.3 is 15.3 Å². The van der Waals surface area contributed by atoms with E-state index >= 15 is 0 Å². The van der Waals surface area contributed by atoms with Crippen molar-refractivity contribution in [3.8, 4) is 11.5 Å². The lowest BCUT2D eigenvalue weighted by molar-refractivity contribution is 0.314. The molecule has 0 heterocycles. The summed E-state index contributed by atoms with van der Waals surface area (Å²) in [4.78, 5) is 0. The van der Waals surface area contributed by atoms with Crippen LogP contribution in [0.25, 0.3) is 0 Å². The smallest absolute Gasteiger partial charge is 0.123 e. The number of aryl methyl sites for hydroxylation is 1. The van der Waals surface area contributed by atoms with Gasteiger partial charge in [0, 0.05) is 14.2 Å². The van der Waals surface area contributed by atoms with Gasteiger partial charge >= 0.3 is 0 Å². The highest BCUT2D eigenvalue weighted by Gasteiger charge is 2.30. The summed E-state index contributed by atoms with van der Waals surface area (Å²) in [6, 6.07) is 3.20. The zero-order chi connectivity index (χ0) is 21.3. The Morgan fingerprint density at radius 3 is 2.54 bits per heavy atom. The van der Waals surface area contributed by atoms with Crippen molar-refractivity contribution in [2.24, 2.45) is 5.92 Å². The van der Waals surface area contributed by atoms with Crippen molar-refractivity contribution in [2.45, 2.75) is 58.2 Å². The molecule has 1 aliphatic carbocycles. The maximum Gasteiger partial charge on any atom is 0.123 e. The molecule has 1 aromatic rings. The molecule has 0 saturated heterocycles. The van der Waals surface area contributed by atoms with E-state index in [9.17, 15) is 15.3 Å². The van der Waals surface area contributed by atoms with E-state index in [0.29, 0.717) is 5.57 Å². The number of aliphatic hydroxyl groups is 1. The molecule has 0 fully saturated rings. The molecule has 1 aromatic carbocycles. The Hall–Kier alpha value is -1.74. The van der Waals surface area contributed by atoms with Crippen molar-refractivity contribution in [1.29, 1.82) is 0 Å². The number of aromatic hydroxyl groups is 2. The van der Waals surface area contributed by atoms with Crippen molar-refractivity contribution in [3.05, 3.63) is 47.1 Å². The lowest BCUT2D eigenvalue weighted by Gasteiger charge is -2.31. The van der Waals surface area contributed by atoms with Crippen molar-refractivity contribution < 1.29 is 20.8 Å². The highest BCUT2D eigenvalue weighted by molar-refractivity contribution is 5.52. The van der Waals surface area contributed by atoms with Gasteiger partial charge in [0.2, 0.25) is 0 Å². The van der Waals surface area contributed by atoms with E-state index in [1.807, 2.05) is 0 Å². The Kier molecular flexibility index (Phi) is 4.73. The summed E-state index contributed by atoms with van der Waals surface area (Å²) >= 11 is 0. The SMILES string of the molecule is [2H]C([2H])(O)C1=C[C@@H](c2c(O)cc(CCCCC)cc2O)[C@H](C(=C)C)CC1([2H])[2H]. The van der Waals surface area contributed by atoms with Crippen molar-refractivity contribution >= 4 is 0 Å². The number of phenolic OH excluding ortho intramolecular Hbond substituents is 2. The van der Waals surface area contributed by atoms with E-state index in [1.165, 1.54) is 6.08 Å². The van der Waals surface area contributed by atoms with Crippen molar-refractivity contribution in [2.75, 3.05) is 6.56 Å². The summed E-state index contributed by atoms with van der Waals surface area (Å²) in [5, 5.41) is 31.1. The minimum absolute atomic E-state index is 0.101. The normalized spacial score (nSPS) is 25.9. The molecule has 0 bridgehead atoms. The van der Waals surface area contributed by atoms with E-state index in [1.54, 1.807) is 19.1 Å².